The first-order valence-corrected chi connectivity index (χ1v) is 16.0. The molecule has 0 spiro atoms. The second kappa shape index (κ2) is 13.4. The number of carbonyl (C=O) groups is 2. The van der Waals surface area contributed by atoms with Gasteiger partial charge in [-0.05, 0) is 23.8 Å². The number of ether oxygens (including phenoxy) is 7. The van der Waals surface area contributed by atoms with Crippen LogP contribution < -0.4 is 29.4 Å². The van der Waals surface area contributed by atoms with Gasteiger partial charge in [-0.2, -0.15) is 0 Å². The van der Waals surface area contributed by atoms with Gasteiger partial charge in [-0.1, -0.05) is 6.07 Å². The van der Waals surface area contributed by atoms with Crippen LogP contribution in [-0.2, 0) is 25.6 Å². The number of nitrogens with zero attached hydrogens (tertiary/aromatic N) is 2. The smallest absolute Gasteiger partial charge is 0.317 e. The van der Waals surface area contributed by atoms with Gasteiger partial charge in [0.05, 0.1) is 32.4 Å². The Morgan fingerprint density at radius 1 is 1.12 bits per heavy atom. The molecule has 2 aromatic rings. The van der Waals surface area contributed by atoms with Crippen molar-refractivity contribution in [1.29, 1.82) is 0 Å². The number of carbonyl (C=O) groups excluding carboxylic acids is 1. The molecule has 5 heterocycles. The van der Waals surface area contributed by atoms with E-state index in [9.17, 15) is 24.9 Å². The quantitative estimate of drug-likeness (QED) is 0.160. The molecule has 0 aromatic heterocycles. The van der Waals surface area contributed by atoms with Crippen molar-refractivity contribution in [2.24, 2.45) is 10.7 Å². The third kappa shape index (κ3) is 5.98. The van der Waals surface area contributed by atoms with Crippen LogP contribution in [0.1, 0.15) is 35.1 Å². The van der Waals surface area contributed by atoms with Crippen LogP contribution in [0.15, 0.2) is 52.8 Å². The molecule has 16 nitrogen and oxygen atoms in total. The van der Waals surface area contributed by atoms with E-state index in [-0.39, 0.29) is 24.8 Å². The van der Waals surface area contributed by atoms with Crippen molar-refractivity contribution in [1.82, 2.24) is 4.90 Å². The van der Waals surface area contributed by atoms with E-state index in [1.165, 1.54) is 0 Å². The summed E-state index contributed by atoms with van der Waals surface area (Å²) in [7, 11) is 3.11. The van der Waals surface area contributed by atoms with Gasteiger partial charge in [0.2, 0.25) is 12.0 Å². The highest BCUT2D eigenvalue weighted by Gasteiger charge is 2.49. The molecule has 16 heteroatoms. The monoisotopic (exact) mass is 695 g/mol. The van der Waals surface area contributed by atoms with Gasteiger partial charge in [0.15, 0.2) is 11.5 Å². The molecular formula is C34H37N3O13. The summed E-state index contributed by atoms with van der Waals surface area (Å²) in [6.45, 7) is 0.906. The van der Waals surface area contributed by atoms with Gasteiger partial charge in [0.25, 0.3) is 0 Å². The van der Waals surface area contributed by atoms with Crippen LogP contribution in [0, 0.1) is 0 Å². The van der Waals surface area contributed by atoms with E-state index in [0.717, 1.165) is 28.0 Å². The summed E-state index contributed by atoms with van der Waals surface area (Å²) in [5.74, 6) is -0.459. The Morgan fingerprint density at radius 2 is 1.94 bits per heavy atom. The number of aliphatic imine (C=N–C) groups is 1. The molecule has 0 saturated carbocycles. The molecule has 8 atom stereocenters. The average molecular weight is 696 g/mol. The van der Waals surface area contributed by atoms with Crippen molar-refractivity contribution in [2.75, 3.05) is 33.9 Å². The SMILES string of the molecule is COc1ccc2c(c1OC)O[C@H]1c3c(CN4C=C5N=CC=C5C4)cc(O[C@@H]4O[C@H]([C@H](CN)OC(=O)CC(=O)O)[C@@H](O)[C@H](O)[C@H]4O)cc3OC[C@@H]21. The molecule has 6 N–H and O–H groups in total. The Bertz CT molecular complexity index is 1780. The lowest BCUT2D eigenvalue weighted by molar-refractivity contribution is -0.288. The van der Waals surface area contributed by atoms with Crippen LogP contribution in [0.5, 0.6) is 28.7 Å². The summed E-state index contributed by atoms with van der Waals surface area (Å²) < 4.78 is 41.2. The van der Waals surface area contributed by atoms with Crippen molar-refractivity contribution in [3.63, 3.8) is 0 Å². The first-order chi connectivity index (χ1) is 24.1. The third-order valence-electron chi connectivity index (χ3n) is 9.35. The molecule has 5 aliphatic rings. The van der Waals surface area contributed by atoms with E-state index in [2.05, 4.69) is 9.89 Å². The number of aliphatic hydroxyl groups is 3. The second-order valence-corrected chi connectivity index (χ2v) is 12.5. The molecule has 1 fully saturated rings. The minimum absolute atomic E-state index is 0.163. The zero-order chi connectivity index (χ0) is 35.3. The Morgan fingerprint density at radius 3 is 2.66 bits per heavy atom. The van der Waals surface area contributed by atoms with Gasteiger partial charge in [0, 0.05) is 54.8 Å². The van der Waals surface area contributed by atoms with E-state index in [1.807, 2.05) is 24.4 Å². The maximum atomic E-state index is 12.1. The van der Waals surface area contributed by atoms with Gasteiger partial charge in [0.1, 0.15) is 54.5 Å². The van der Waals surface area contributed by atoms with Gasteiger partial charge in [-0.25, -0.2) is 0 Å². The van der Waals surface area contributed by atoms with E-state index < -0.39 is 61.3 Å². The molecule has 0 aliphatic carbocycles. The second-order valence-electron chi connectivity index (χ2n) is 12.5. The highest BCUT2D eigenvalue weighted by molar-refractivity contribution is 5.90. The Kier molecular flexibility index (Phi) is 9.04. The van der Waals surface area contributed by atoms with Crippen LogP contribution in [0.4, 0.5) is 0 Å². The molecule has 0 unspecified atom stereocenters. The fourth-order valence-electron chi connectivity index (χ4n) is 6.99. The summed E-state index contributed by atoms with van der Waals surface area (Å²) in [4.78, 5) is 29.6. The van der Waals surface area contributed by atoms with Crippen LogP contribution in [0.25, 0.3) is 0 Å². The molecule has 0 radical (unpaired) electrons. The largest absolute Gasteiger partial charge is 0.493 e. The van der Waals surface area contributed by atoms with Gasteiger partial charge in [-0.15, -0.1) is 0 Å². The number of carboxylic acids is 1. The van der Waals surface area contributed by atoms with Gasteiger partial charge in [-0.3, -0.25) is 14.6 Å². The number of carboxylic acid groups (broad SMARTS) is 1. The highest BCUT2D eigenvalue weighted by Crippen LogP contribution is 2.57. The molecule has 50 heavy (non-hydrogen) atoms. The lowest BCUT2D eigenvalue weighted by atomic mass is 9.86. The number of aliphatic carboxylic acids is 1. The number of rotatable bonds is 11. The summed E-state index contributed by atoms with van der Waals surface area (Å²) in [5.41, 5.74) is 10.2. The predicted molar refractivity (Wildman–Crippen MR) is 171 cm³/mol. The number of hydrogen-bond donors (Lipinski definition) is 5. The summed E-state index contributed by atoms with van der Waals surface area (Å²) in [6, 6.07) is 7.15. The van der Waals surface area contributed by atoms with Crippen molar-refractivity contribution < 1.29 is 63.2 Å². The number of methoxy groups -OCH3 is 2. The molecular weight excluding hydrogens is 658 g/mol. The molecule has 266 valence electrons. The van der Waals surface area contributed by atoms with Gasteiger partial charge < -0.3 is 64.2 Å². The van der Waals surface area contributed by atoms with Crippen molar-refractivity contribution in [3.8, 4) is 28.7 Å². The highest BCUT2D eigenvalue weighted by atomic mass is 16.7. The molecule has 7 rings (SSSR count). The predicted octanol–water partition coefficient (Wildman–Crippen LogP) is 0.513. The molecule has 2 aromatic carbocycles. The molecule has 0 bridgehead atoms. The van der Waals surface area contributed by atoms with Gasteiger partial charge >= 0.3 is 11.9 Å². The number of esters is 1. The number of aliphatic hydroxyl groups excluding tert-OH is 3. The Hall–Kier alpha value is -4.87. The van der Waals surface area contributed by atoms with E-state index in [0.29, 0.717) is 36.1 Å². The Labute approximate surface area is 285 Å². The van der Waals surface area contributed by atoms with Crippen LogP contribution in [-0.4, -0.2) is 114 Å². The maximum absolute atomic E-state index is 12.1. The van der Waals surface area contributed by atoms with Crippen molar-refractivity contribution >= 4 is 18.2 Å². The minimum atomic E-state index is -1.79. The number of nitrogens with two attached hydrogens (primary N) is 1. The zero-order valence-electron chi connectivity index (χ0n) is 27.1. The lowest BCUT2D eigenvalue weighted by Crippen LogP contribution is -2.63. The van der Waals surface area contributed by atoms with E-state index in [4.69, 9.17) is 44.0 Å². The summed E-state index contributed by atoms with van der Waals surface area (Å²) in [5, 5.41) is 41.3. The number of allylic oxidation sites excluding steroid dienone is 1. The number of benzene rings is 2. The Balaban J connectivity index is 1.20. The normalized spacial score (nSPS) is 27.8. The summed E-state index contributed by atoms with van der Waals surface area (Å²) >= 11 is 0. The topological polar surface area (TPSA) is 221 Å². The molecule has 1 saturated heterocycles. The lowest BCUT2D eigenvalue weighted by Gasteiger charge is -2.42. The summed E-state index contributed by atoms with van der Waals surface area (Å²) in [6.07, 6.45) is -5.37. The van der Waals surface area contributed by atoms with Crippen molar-refractivity contribution in [2.45, 2.75) is 61.8 Å². The third-order valence-corrected chi connectivity index (χ3v) is 9.35. The van der Waals surface area contributed by atoms with Crippen LogP contribution in [0.2, 0.25) is 0 Å². The fraction of sp³-hybridized carbons (Fsp3) is 0.441. The average Bonchev–Trinajstić information content (AvgIpc) is 3.80. The number of fused-ring (bicyclic) bond motifs is 6. The standard InChI is InChI=1S/C34H37N3O13/c1-44-21-4-3-18-19-14-46-22-8-17(47-34-29(43)27(41)28(42)32(50-34)23(10-35)48-25(40)9-24(38)39)7-16(12-37-11-15-5-6-36-20(15)13-37)26(22)30(19)49-31(18)33(21)45-2/h3-8,13,19,23,27-30,32,34,41-43H,9-12,14,35H2,1-2H3,(H,38,39)/t19-,23-,27-,28-,29+,30+,32+,34+/m0/s1. The van der Waals surface area contributed by atoms with Crippen LogP contribution >= 0.6 is 0 Å². The maximum Gasteiger partial charge on any atom is 0.317 e. The first kappa shape index (κ1) is 33.6. The zero-order valence-corrected chi connectivity index (χ0v) is 27.1. The van der Waals surface area contributed by atoms with E-state index in [1.54, 1.807) is 32.6 Å². The molecule has 0 amide bonds. The number of hydrogen-bond acceptors (Lipinski definition) is 15. The van der Waals surface area contributed by atoms with Crippen LogP contribution in [0.3, 0.4) is 0 Å². The van der Waals surface area contributed by atoms with Crippen molar-refractivity contribution in [3.05, 3.63) is 64.5 Å². The minimum Gasteiger partial charge on any atom is -0.493 e. The van der Waals surface area contributed by atoms with E-state index >= 15 is 0 Å². The molecule has 5 aliphatic heterocycles. The first-order valence-electron chi connectivity index (χ1n) is 16.0. The fourth-order valence-corrected chi connectivity index (χ4v) is 6.99.